The fourth-order valence-corrected chi connectivity index (χ4v) is 11.2. The van der Waals surface area contributed by atoms with Gasteiger partial charge in [0.05, 0.1) is 18.8 Å². The van der Waals surface area contributed by atoms with Gasteiger partial charge in [0, 0.05) is 63.1 Å². The van der Waals surface area contributed by atoms with Crippen LogP contribution in [0.3, 0.4) is 0 Å². The third-order valence-electron chi connectivity index (χ3n) is 11.0. The Kier molecular flexibility index (Phi) is 44.7. The van der Waals surface area contributed by atoms with E-state index in [2.05, 4.69) is 140 Å². The Morgan fingerprint density at radius 1 is 0.398 bits per heavy atom. The van der Waals surface area contributed by atoms with Gasteiger partial charge in [-0.25, -0.2) is 0 Å². The van der Waals surface area contributed by atoms with E-state index in [-0.39, 0.29) is 18.8 Å². The van der Waals surface area contributed by atoms with Crippen LogP contribution in [0.25, 0.3) is 33.4 Å². The molecule has 0 bridgehead atoms. The summed E-state index contributed by atoms with van der Waals surface area (Å²) in [5.74, 6) is 7.67. The van der Waals surface area contributed by atoms with Gasteiger partial charge in [-0.2, -0.15) is 58.8 Å². The molecule has 0 radical (unpaired) electrons. The van der Waals surface area contributed by atoms with Crippen molar-refractivity contribution in [1.29, 1.82) is 0 Å². The number of hydrogen-bond donors (Lipinski definition) is 4. The molecule has 446 valence electrons. The molecule has 6 aromatic carbocycles. The normalized spacial score (nSPS) is 10.1. The largest absolute Gasteiger partial charge is 0.481 e. The van der Waals surface area contributed by atoms with Crippen molar-refractivity contribution >= 4 is 116 Å². The monoisotopic (exact) mass is 1230 g/mol. The van der Waals surface area contributed by atoms with E-state index >= 15 is 0 Å². The standard InChI is InChI=1S/2C13H18S.C12H14O2S.C11H15NS.C11H12O2S.C11H14OS/c1-11(10-14-13(2,3)4)12-8-6-5-7-9-12;1-3-4-10-14-11-12(2)13-8-6-5-7-9-13;1-10(9-15-8-7-12(13)14)11-5-3-2-4-6-11;1-10(9-13-8-7-12)11-5-3-2-4-6-11;1-9(7-14-8-11(12)13)10-5-3-2-4-6-10;1-10(9-13-8-7-12)11-5-3-2-4-6-11/h5-9H,1,10H2,2-4H3;5-9H,2-4,10-11H2,1H3;2-6H,1,7-9H2,(H,13,14);2-6H,1,7-9,12H2;2-6H,1,7-8H2,(H,12,13);2-6,12H,1,7-9H2. The van der Waals surface area contributed by atoms with Gasteiger partial charge in [-0.15, -0.1) is 11.8 Å². The van der Waals surface area contributed by atoms with Gasteiger partial charge in [0.2, 0.25) is 0 Å². The van der Waals surface area contributed by atoms with Gasteiger partial charge in [0.1, 0.15) is 0 Å². The van der Waals surface area contributed by atoms with Crippen molar-refractivity contribution in [3.8, 4) is 0 Å². The average Bonchev–Trinajstić information content (AvgIpc) is 3.51. The number of nitrogens with two attached hydrogens (primary N) is 1. The number of carbonyl (C=O) groups is 2. The molecule has 0 aliphatic carbocycles. The molecule has 6 nitrogen and oxygen atoms in total. The van der Waals surface area contributed by atoms with Crippen molar-refractivity contribution in [1.82, 2.24) is 0 Å². The number of carboxylic acid groups (broad SMARTS) is 2. The van der Waals surface area contributed by atoms with Crippen LogP contribution in [-0.2, 0) is 9.59 Å². The zero-order chi connectivity index (χ0) is 61.4. The molecule has 0 saturated carbocycles. The molecule has 83 heavy (non-hydrogen) atoms. The van der Waals surface area contributed by atoms with Gasteiger partial charge in [0.15, 0.2) is 0 Å². The molecule has 6 rings (SSSR count). The van der Waals surface area contributed by atoms with Crippen LogP contribution in [0.2, 0.25) is 0 Å². The van der Waals surface area contributed by atoms with Crippen LogP contribution in [0.4, 0.5) is 0 Å². The number of hydrogen-bond acceptors (Lipinski definition) is 10. The van der Waals surface area contributed by atoms with E-state index in [0.29, 0.717) is 16.3 Å². The number of carboxylic acids is 2. The van der Waals surface area contributed by atoms with Gasteiger partial charge in [-0.3, -0.25) is 9.59 Å². The van der Waals surface area contributed by atoms with E-state index in [1.165, 1.54) is 69.3 Å². The second kappa shape index (κ2) is 49.0. The molecule has 0 aromatic heterocycles. The van der Waals surface area contributed by atoms with Crippen LogP contribution in [0, 0.1) is 0 Å². The van der Waals surface area contributed by atoms with E-state index < -0.39 is 11.9 Å². The fourth-order valence-electron chi connectivity index (χ4n) is 6.44. The van der Waals surface area contributed by atoms with E-state index in [1.807, 2.05) is 144 Å². The first-order valence-electron chi connectivity index (χ1n) is 27.6. The summed E-state index contributed by atoms with van der Waals surface area (Å²) in [6, 6.07) is 61.0. The Hall–Kier alpha value is -5.28. The highest BCUT2D eigenvalue weighted by Gasteiger charge is 2.11. The van der Waals surface area contributed by atoms with Crippen LogP contribution in [0.15, 0.2) is 221 Å². The van der Waals surface area contributed by atoms with Crippen LogP contribution >= 0.6 is 70.6 Å². The highest BCUT2D eigenvalue weighted by atomic mass is 32.2. The van der Waals surface area contributed by atoms with Crippen molar-refractivity contribution in [3.63, 3.8) is 0 Å². The maximum absolute atomic E-state index is 10.3. The number of aliphatic carboxylic acids is 2. The lowest BCUT2D eigenvalue weighted by atomic mass is 10.1. The van der Waals surface area contributed by atoms with Crippen LogP contribution in [-0.4, -0.2) is 108 Å². The summed E-state index contributed by atoms with van der Waals surface area (Å²) in [6.45, 7) is 34.0. The quantitative estimate of drug-likeness (QED) is 0.0321. The Morgan fingerprint density at radius 3 is 0.940 bits per heavy atom. The summed E-state index contributed by atoms with van der Waals surface area (Å²) in [4.78, 5) is 20.5. The van der Waals surface area contributed by atoms with Crippen LogP contribution in [0.1, 0.15) is 80.3 Å². The summed E-state index contributed by atoms with van der Waals surface area (Å²) in [6.07, 6.45) is 2.81. The molecule has 0 spiro atoms. The SMILES string of the molecule is C=C(CSC(C)(C)C)c1ccccc1.C=C(CSCC(=O)O)c1ccccc1.C=C(CSCCC(=O)O)c1ccccc1.C=C(CSCCCC)c1ccccc1.C=C(CSCCN)c1ccccc1.C=C(CSCCO)c1ccccc1. The third-order valence-corrected chi connectivity index (χ3v) is 17.6. The van der Waals surface area contributed by atoms with Crippen molar-refractivity contribution in [2.75, 3.05) is 76.4 Å². The number of rotatable bonds is 30. The minimum absolute atomic E-state index is 0.131. The molecule has 0 fully saturated rings. The van der Waals surface area contributed by atoms with Gasteiger partial charge in [-0.1, -0.05) is 256 Å². The second-order valence-electron chi connectivity index (χ2n) is 19.3. The molecule has 0 heterocycles. The first kappa shape index (κ1) is 75.7. The number of thioether (sulfide) groups is 6. The van der Waals surface area contributed by atoms with E-state index in [0.717, 1.165) is 74.7 Å². The van der Waals surface area contributed by atoms with Gasteiger partial charge in [-0.05, 0) is 79.0 Å². The number of benzene rings is 6. The maximum atomic E-state index is 10.3. The van der Waals surface area contributed by atoms with Crippen molar-refractivity contribution < 1.29 is 24.9 Å². The molecule has 0 unspecified atom stereocenters. The lowest BCUT2D eigenvalue weighted by Crippen LogP contribution is -2.08. The maximum Gasteiger partial charge on any atom is 0.313 e. The topological polar surface area (TPSA) is 121 Å². The smallest absolute Gasteiger partial charge is 0.313 e. The Bertz CT molecular complexity index is 2640. The Labute approximate surface area is 525 Å². The van der Waals surface area contributed by atoms with Crippen molar-refractivity contribution in [3.05, 3.63) is 255 Å². The summed E-state index contributed by atoms with van der Waals surface area (Å²) in [7, 11) is 0. The van der Waals surface area contributed by atoms with E-state index in [1.54, 1.807) is 23.5 Å². The second-order valence-corrected chi connectivity index (χ2v) is 26.5. The summed E-state index contributed by atoms with van der Waals surface area (Å²) in [5, 5.41) is 25.5. The molecule has 5 N–H and O–H groups in total. The fraction of sp³-hybridized carbons (Fsp3) is 0.296. The van der Waals surface area contributed by atoms with Crippen LogP contribution < -0.4 is 5.73 Å². The molecule has 0 amide bonds. The average molecular weight is 1230 g/mol. The Morgan fingerprint density at radius 2 is 0.675 bits per heavy atom. The zero-order valence-corrected chi connectivity index (χ0v) is 54.5. The molecular weight excluding hydrogens is 1140 g/mol. The number of aliphatic hydroxyl groups is 1. The lowest BCUT2D eigenvalue weighted by molar-refractivity contribution is -0.136. The number of unbranched alkanes of at least 4 members (excludes halogenated alkanes) is 1. The predicted octanol–water partition coefficient (Wildman–Crippen LogP) is 18.7. The van der Waals surface area contributed by atoms with Crippen molar-refractivity contribution in [2.24, 2.45) is 5.73 Å². The van der Waals surface area contributed by atoms with E-state index in [4.69, 9.17) is 21.1 Å². The molecule has 12 heteroatoms. The zero-order valence-electron chi connectivity index (χ0n) is 49.6. The highest BCUT2D eigenvalue weighted by Crippen LogP contribution is 2.28. The molecule has 0 saturated heterocycles. The lowest BCUT2D eigenvalue weighted by Gasteiger charge is -2.18. The van der Waals surface area contributed by atoms with Gasteiger partial charge in [0.25, 0.3) is 0 Å². The molecule has 0 aliphatic rings. The molecular formula is C71H91NO5S6. The van der Waals surface area contributed by atoms with Gasteiger partial charge < -0.3 is 21.1 Å². The minimum Gasteiger partial charge on any atom is -0.481 e. The van der Waals surface area contributed by atoms with Gasteiger partial charge >= 0.3 is 11.9 Å². The molecule has 6 aromatic rings. The summed E-state index contributed by atoms with van der Waals surface area (Å²) >= 11 is 10.4. The predicted molar refractivity (Wildman–Crippen MR) is 383 cm³/mol. The molecule has 0 aliphatic heterocycles. The minimum atomic E-state index is -0.782. The summed E-state index contributed by atoms with van der Waals surface area (Å²) in [5.41, 5.74) is 19.3. The number of aliphatic hydroxyl groups excluding tert-OH is 1. The Balaban J connectivity index is 0.000000498. The first-order chi connectivity index (χ1) is 39.9. The first-order valence-corrected chi connectivity index (χ1v) is 34.3. The van der Waals surface area contributed by atoms with Crippen LogP contribution in [0.5, 0.6) is 0 Å². The summed E-state index contributed by atoms with van der Waals surface area (Å²) < 4.78 is 0.317. The van der Waals surface area contributed by atoms with E-state index in [9.17, 15) is 9.59 Å². The molecule has 0 atom stereocenters. The third kappa shape index (κ3) is 41.4. The van der Waals surface area contributed by atoms with Crippen molar-refractivity contribution in [2.45, 2.75) is 51.7 Å². The highest BCUT2D eigenvalue weighted by molar-refractivity contribution is 8.01.